The van der Waals surface area contributed by atoms with Gasteiger partial charge >= 0.3 is 0 Å². The van der Waals surface area contributed by atoms with E-state index in [4.69, 9.17) is 14.5 Å². The Morgan fingerprint density at radius 1 is 1.24 bits per heavy atom. The van der Waals surface area contributed by atoms with Gasteiger partial charge in [-0.25, -0.2) is 4.98 Å². The summed E-state index contributed by atoms with van der Waals surface area (Å²) in [5, 5.41) is 3.52. The second-order valence-corrected chi connectivity index (χ2v) is 7.81. The van der Waals surface area contributed by atoms with Crippen molar-refractivity contribution in [2.24, 2.45) is 0 Å². The van der Waals surface area contributed by atoms with Crippen LogP contribution in [0.5, 0.6) is 11.5 Å². The summed E-state index contributed by atoms with van der Waals surface area (Å²) in [6.45, 7) is 5.61. The summed E-state index contributed by atoms with van der Waals surface area (Å²) in [5.41, 5.74) is 2.56. The van der Waals surface area contributed by atoms with Gasteiger partial charge in [0.15, 0.2) is 11.5 Å². The zero-order valence-electron chi connectivity index (χ0n) is 14.9. The van der Waals surface area contributed by atoms with Gasteiger partial charge in [0.25, 0.3) is 0 Å². The van der Waals surface area contributed by atoms with Crippen molar-refractivity contribution >= 4 is 11.3 Å². The molecule has 1 fully saturated rings. The lowest BCUT2D eigenvalue weighted by molar-refractivity contribution is 0.170. The van der Waals surface area contributed by atoms with Gasteiger partial charge in [0.05, 0.1) is 10.7 Å². The highest BCUT2D eigenvalue weighted by Gasteiger charge is 2.27. The molecule has 4 rings (SSSR count). The second kappa shape index (κ2) is 7.75. The molecule has 4 nitrogen and oxygen atoms in total. The maximum absolute atomic E-state index is 5.76. The Hall–Kier alpha value is -1.59. The number of fused-ring (bicyclic) bond motifs is 1. The summed E-state index contributed by atoms with van der Waals surface area (Å²) in [6.07, 6.45) is 6.02. The van der Waals surface area contributed by atoms with E-state index in [9.17, 15) is 0 Å². The molecular formula is C20H26N2O2S. The van der Waals surface area contributed by atoms with E-state index in [0.29, 0.717) is 19.3 Å². The van der Waals surface area contributed by atoms with Gasteiger partial charge in [-0.1, -0.05) is 19.4 Å². The Kier molecular flexibility index (Phi) is 5.22. The standard InChI is InChI=1S/C20H26N2O2S/c1-2-3-6-20-21-16(14-25-20)13-22-9-4-5-17(22)15-7-8-18-19(12-15)24-11-10-23-18/h7-8,12,14,17H,2-6,9-11,13H2,1H3/t17-/m1/s1. The third kappa shape index (κ3) is 3.82. The van der Waals surface area contributed by atoms with Gasteiger partial charge in [0, 0.05) is 18.0 Å². The average molecular weight is 359 g/mol. The Morgan fingerprint density at radius 3 is 3.00 bits per heavy atom. The smallest absolute Gasteiger partial charge is 0.161 e. The van der Waals surface area contributed by atoms with Crippen molar-refractivity contribution in [3.05, 3.63) is 39.8 Å². The quantitative estimate of drug-likeness (QED) is 0.756. The van der Waals surface area contributed by atoms with Gasteiger partial charge in [0.1, 0.15) is 13.2 Å². The normalized spacial score (nSPS) is 20.1. The van der Waals surface area contributed by atoms with E-state index < -0.39 is 0 Å². The number of hydrogen-bond acceptors (Lipinski definition) is 5. The number of likely N-dealkylation sites (tertiary alicyclic amines) is 1. The molecule has 2 aliphatic heterocycles. The predicted molar refractivity (Wildman–Crippen MR) is 101 cm³/mol. The highest BCUT2D eigenvalue weighted by Crippen LogP contribution is 2.38. The Morgan fingerprint density at radius 2 is 2.12 bits per heavy atom. The summed E-state index contributed by atoms with van der Waals surface area (Å²) in [5.74, 6) is 1.77. The number of ether oxygens (including phenoxy) is 2. The number of nitrogens with zero attached hydrogens (tertiary/aromatic N) is 2. The molecule has 1 atom stereocenters. The topological polar surface area (TPSA) is 34.6 Å². The van der Waals surface area contributed by atoms with E-state index in [2.05, 4.69) is 35.4 Å². The molecule has 134 valence electrons. The molecule has 0 amide bonds. The summed E-state index contributed by atoms with van der Waals surface area (Å²) in [7, 11) is 0. The second-order valence-electron chi connectivity index (χ2n) is 6.87. The molecule has 2 aromatic rings. The molecule has 0 saturated carbocycles. The van der Waals surface area contributed by atoms with E-state index in [1.165, 1.54) is 41.9 Å². The summed E-state index contributed by atoms with van der Waals surface area (Å²) >= 11 is 1.81. The first-order valence-corrected chi connectivity index (χ1v) is 10.3. The van der Waals surface area contributed by atoms with Gasteiger partial charge in [-0.05, 0) is 49.9 Å². The van der Waals surface area contributed by atoms with Crippen LogP contribution in [0, 0.1) is 0 Å². The van der Waals surface area contributed by atoms with Gasteiger partial charge < -0.3 is 9.47 Å². The average Bonchev–Trinajstić information content (AvgIpc) is 3.29. The van der Waals surface area contributed by atoms with Crippen LogP contribution >= 0.6 is 11.3 Å². The van der Waals surface area contributed by atoms with Crippen LogP contribution < -0.4 is 9.47 Å². The van der Waals surface area contributed by atoms with Crippen LogP contribution in [0.3, 0.4) is 0 Å². The lowest BCUT2D eigenvalue weighted by atomic mass is 10.0. The van der Waals surface area contributed by atoms with Gasteiger partial charge in [0.2, 0.25) is 0 Å². The SMILES string of the molecule is CCCCc1nc(CN2CCC[C@@H]2c2ccc3c(c2)OCCO3)cs1. The Balaban J connectivity index is 1.46. The van der Waals surface area contributed by atoms with E-state index in [1.54, 1.807) is 0 Å². The van der Waals surface area contributed by atoms with Crippen LogP contribution in [-0.4, -0.2) is 29.6 Å². The van der Waals surface area contributed by atoms with E-state index in [0.717, 1.165) is 31.0 Å². The maximum atomic E-state index is 5.76. The van der Waals surface area contributed by atoms with Crippen molar-refractivity contribution in [2.75, 3.05) is 19.8 Å². The largest absolute Gasteiger partial charge is 0.486 e. The number of hydrogen-bond donors (Lipinski definition) is 0. The number of benzene rings is 1. The Labute approximate surface area is 153 Å². The highest BCUT2D eigenvalue weighted by atomic mass is 32.1. The first kappa shape index (κ1) is 16.9. The van der Waals surface area contributed by atoms with E-state index in [1.807, 2.05) is 11.3 Å². The minimum Gasteiger partial charge on any atom is -0.486 e. The van der Waals surface area contributed by atoms with Crippen LogP contribution in [0.1, 0.15) is 54.9 Å². The zero-order valence-corrected chi connectivity index (χ0v) is 15.7. The fourth-order valence-corrected chi connectivity index (χ4v) is 4.56. The lowest BCUT2D eigenvalue weighted by Crippen LogP contribution is -2.23. The fraction of sp³-hybridized carbons (Fsp3) is 0.550. The van der Waals surface area contributed by atoms with E-state index >= 15 is 0 Å². The van der Waals surface area contributed by atoms with E-state index in [-0.39, 0.29) is 0 Å². The first-order valence-electron chi connectivity index (χ1n) is 9.40. The number of rotatable bonds is 6. The van der Waals surface area contributed by atoms with Gasteiger partial charge in [-0.15, -0.1) is 11.3 Å². The van der Waals surface area contributed by atoms with Crippen molar-refractivity contribution in [1.29, 1.82) is 0 Å². The lowest BCUT2D eigenvalue weighted by Gasteiger charge is -2.26. The number of thiazole rings is 1. The molecule has 2 aliphatic rings. The minimum absolute atomic E-state index is 0.455. The van der Waals surface area contributed by atoms with Crippen molar-refractivity contribution in [1.82, 2.24) is 9.88 Å². The monoisotopic (exact) mass is 358 g/mol. The van der Waals surface area contributed by atoms with Gasteiger partial charge in [-0.2, -0.15) is 0 Å². The fourth-order valence-electron chi connectivity index (χ4n) is 3.73. The molecular weight excluding hydrogens is 332 g/mol. The van der Waals surface area contributed by atoms with Crippen LogP contribution in [0.4, 0.5) is 0 Å². The number of unbranched alkanes of at least 4 members (excludes halogenated alkanes) is 1. The molecule has 25 heavy (non-hydrogen) atoms. The summed E-state index contributed by atoms with van der Waals surface area (Å²) < 4.78 is 11.4. The molecule has 0 radical (unpaired) electrons. The molecule has 5 heteroatoms. The number of aromatic nitrogens is 1. The molecule has 0 bridgehead atoms. The van der Waals surface area contributed by atoms with Crippen molar-refractivity contribution in [3.63, 3.8) is 0 Å². The molecule has 0 spiro atoms. The van der Waals surface area contributed by atoms with Crippen molar-refractivity contribution in [2.45, 2.75) is 51.6 Å². The summed E-state index contributed by atoms with van der Waals surface area (Å²) in [6, 6.07) is 6.89. The molecule has 1 aromatic heterocycles. The van der Waals surface area contributed by atoms with Crippen LogP contribution in [0.2, 0.25) is 0 Å². The molecule has 3 heterocycles. The Bertz CT molecular complexity index is 715. The van der Waals surface area contributed by atoms with Crippen LogP contribution in [0.15, 0.2) is 23.6 Å². The van der Waals surface area contributed by atoms with Gasteiger partial charge in [-0.3, -0.25) is 4.90 Å². The zero-order chi connectivity index (χ0) is 17.1. The first-order chi connectivity index (χ1) is 12.3. The number of aryl methyl sites for hydroxylation is 1. The third-order valence-corrected chi connectivity index (χ3v) is 5.98. The molecule has 1 saturated heterocycles. The van der Waals surface area contributed by atoms with Crippen molar-refractivity contribution < 1.29 is 9.47 Å². The maximum Gasteiger partial charge on any atom is 0.161 e. The third-order valence-electron chi connectivity index (χ3n) is 5.02. The molecule has 0 unspecified atom stereocenters. The molecule has 0 aliphatic carbocycles. The van der Waals surface area contributed by atoms with Crippen LogP contribution in [-0.2, 0) is 13.0 Å². The minimum atomic E-state index is 0.455. The predicted octanol–water partition coefficient (Wildman–Crippen LogP) is 4.59. The summed E-state index contributed by atoms with van der Waals surface area (Å²) in [4.78, 5) is 7.40. The highest BCUT2D eigenvalue weighted by molar-refractivity contribution is 7.09. The molecule has 1 aromatic carbocycles. The van der Waals surface area contributed by atoms with Crippen molar-refractivity contribution in [3.8, 4) is 11.5 Å². The van der Waals surface area contributed by atoms with Crippen LogP contribution in [0.25, 0.3) is 0 Å². The molecule has 0 N–H and O–H groups in total.